The molecule has 0 aliphatic heterocycles. The summed E-state index contributed by atoms with van der Waals surface area (Å²) in [7, 11) is 4.88. The number of amides is 1. The first-order chi connectivity index (χ1) is 13.3. The van der Waals surface area contributed by atoms with Crippen LogP contribution in [0, 0.1) is 13.8 Å². The number of aryl methyl sites for hydroxylation is 2. The average Bonchev–Trinajstić information content (AvgIpc) is 2.91. The number of hydrogen-bond acceptors (Lipinski definition) is 6. The van der Waals surface area contributed by atoms with E-state index in [1.165, 1.54) is 20.1 Å². The first kappa shape index (κ1) is 21.0. The fraction of sp³-hybridized carbons (Fsp3) is 0.350. The molecule has 0 aliphatic rings. The van der Waals surface area contributed by atoms with E-state index in [4.69, 9.17) is 14.2 Å². The molecule has 0 spiro atoms. The predicted molar refractivity (Wildman–Crippen MR) is 105 cm³/mol. The Kier molecular flexibility index (Phi) is 6.81. The SMILES string of the molecule is COc1ccc(OC)c(/C=C/C(=O)O[C@H](C)C(=O)Nc2c(C)nn(C)c2C)c1. The summed E-state index contributed by atoms with van der Waals surface area (Å²) in [5, 5.41) is 6.99. The van der Waals surface area contributed by atoms with E-state index < -0.39 is 18.0 Å². The van der Waals surface area contributed by atoms with Crippen LogP contribution >= 0.6 is 0 Å². The highest BCUT2D eigenvalue weighted by Crippen LogP contribution is 2.25. The van der Waals surface area contributed by atoms with Crippen LogP contribution in [0.4, 0.5) is 5.69 Å². The Morgan fingerprint density at radius 3 is 2.50 bits per heavy atom. The summed E-state index contributed by atoms with van der Waals surface area (Å²) >= 11 is 0. The third-order valence-electron chi connectivity index (χ3n) is 4.26. The molecule has 0 bridgehead atoms. The number of methoxy groups -OCH3 is 2. The minimum absolute atomic E-state index is 0.431. The summed E-state index contributed by atoms with van der Waals surface area (Å²) in [5.41, 5.74) is 2.77. The Hall–Kier alpha value is -3.29. The van der Waals surface area contributed by atoms with Crippen molar-refractivity contribution < 1.29 is 23.8 Å². The van der Waals surface area contributed by atoms with Crippen LogP contribution in [-0.2, 0) is 21.4 Å². The number of carbonyl (C=O) groups excluding carboxylic acids is 2. The zero-order valence-electron chi connectivity index (χ0n) is 16.9. The van der Waals surface area contributed by atoms with Gasteiger partial charge >= 0.3 is 5.97 Å². The van der Waals surface area contributed by atoms with E-state index in [9.17, 15) is 9.59 Å². The molecule has 0 unspecified atom stereocenters. The fourth-order valence-electron chi connectivity index (χ4n) is 2.57. The van der Waals surface area contributed by atoms with Crippen LogP contribution in [0.15, 0.2) is 24.3 Å². The fourth-order valence-corrected chi connectivity index (χ4v) is 2.57. The summed E-state index contributed by atoms with van der Waals surface area (Å²) in [5.74, 6) is 0.133. The number of anilines is 1. The number of hydrogen-bond donors (Lipinski definition) is 1. The third kappa shape index (κ3) is 4.91. The molecule has 1 heterocycles. The molecule has 28 heavy (non-hydrogen) atoms. The lowest BCUT2D eigenvalue weighted by atomic mass is 10.1. The van der Waals surface area contributed by atoms with E-state index in [1.807, 2.05) is 6.92 Å². The standard InChI is InChI=1S/C20H25N3O5/c1-12-19(13(2)23(4)22-12)21-20(25)14(3)28-18(24)10-7-15-11-16(26-5)8-9-17(15)27-6/h7-11,14H,1-6H3,(H,21,25)/b10-7+/t14-/m1/s1. The highest BCUT2D eigenvalue weighted by molar-refractivity contribution is 5.97. The lowest BCUT2D eigenvalue weighted by Gasteiger charge is -2.12. The Balaban J connectivity index is 2.02. The maximum absolute atomic E-state index is 12.3. The maximum Gasteiger partial charge on any atom is 0.331 e. The number of rotatable bonds is 7. The zero-order valence-corrected chi connectivity index (χ0v) is 16.9. The first-order valence-corrected chi connectivity index (χ1v) is 8.68. The van der Waals surface area contributed by atoms with Crippen LogP contribution < -0.4 is 14.8 Å². The molecule has 1 amide bonds. The largest absolute Gasteiger partial charge is 0.497 e. The molecule has 1 aromatic heterocycles. The van der Waals surface area contributed by atoms with E-state index in [2.05, 4.69) is 10.4 Å². The minimum Gasteiger partial charge on any atom is -0.497 e. The summed E-state index contributed by atoms with van der Waals surface area (Å²) in [6.07, 6.45) is 1.81. The molecule has 2 aromatic rings. The highest BCUT2D eigenvalue weighted by Gasteiger charge is 2.20. The highest BCUT2D eigenvalue weighted by atomic mass is 16.5. The maximum atomic E-state index is 12.3. The number of nitrogens with one attached hydrogen (secondary N) is 1. The van der Waals surface area contributed by atoms with Gasteiger partial charge in [-0.05, 0) is 45.0 Å². The quantitative estimate of drug-likeness (QED) is 0.580. The van der Waals surface area contributed by atoms with Gasteiger partial charge in [0.1, 0.15) is 11.5 Å². The molecule has 8 heteroatoms. The van der Waals surface area contributed by atoms with Gasteiger partial charge in [0.15, 0.2) is 6.10 Å². The van der Waals surface area contributed by atoms with Gasteiger partial charge in [-0.25, -0.2) is 4.79 Å². The molecule has 1 N–H and O–H groups in total. The van der Waals surface area contributed by atoms with Crippen LogP contribution in [0.3, 0.4) is 0 Å². The van der Waals surface area contributed by atoms with Crippen LogP contribution in [0.2, 0.25) is 0 Å². The Morgan fingerprint density at radius 1 is 1.21 bits per heavy atom. The summed E-state index contributed by atoms with van der Waals surface area (Å²) in [6.45, 7) is 5.15. The van der Waals surface area contributed by atoms with Gasteiger partial charge in [-0.3, -0.25) is 9.48 Å². The second-order valence-electron chi connectivity index (χ2n) is 6.18. The summed E-state index contributed by atoms with van der Waals surface area (Å²) in [6, 6.07) is 5.22. The van der Waals surface area contributed by atoms with Crippen LogP contribution in [0.1, 0.15) is 23.9 Å². The minimum atomic E-state index is -0.969. The average molecular weight is 387 g/mol. The summed E-state index contributed by atoms with van der Waals surface area (Å²) < 4.78 is 17.3. The molecular formula is C20H25N3O5. The van der Waals surface area contributed by atoms with Crippen molar-refractivity contribution in [2.75, 3.05) is 19.5 Å². The number of esters is 1. The van der Waals surface area contributed by atoms with Crippen molar-refractivity contribution in [1.29, 1.82) is 0 Å². The Bertz CT molecular complexity index is 901. The molecule has 0 saturated heterocycles. The van der Waals surface area contributed by atoms with E-state index in [1.54, 1.807) is 50.0 Å². The second kappa shape index (κ2) is 9.07. The van der Waals surface area contributed by atoms with E-state index in [-0.39, 0.29) is 0 Å². The Morgan fingerprint density at radius 2 is 1.93 bits per heavy atom. The smallest absolute Gasteiger partial charge is 0.331 e. The van der Waals surface area contributed by atoms with Crippen molar-refractivity contribution in [3.63, 3.8) is 0 Å². The van der Waals surface area contributed by atoms with Gasteiger partial charge in [0.25, 0.3) is 5.91 Å². The van der Waals surface area contributed by atoms with Crippen LogP contribution in [-0.4, -0.2) is 42.0 Å². The number of nitrogens with zero attached hydrogens (tertiary/aromatic N) is 2. The van der Waals surface area contributed by atoms with Crippen molar-refractivity contribution in [3.05, 3.63) is 41.2 Å². The monoisotopic (exact) mass is 387 g/mol. The Labute approximate surface area is 164 Å². The van der Waals surface area contributed by atoms with Gasteiger partial charge in [-0.15, -0.1) is 0 Å². The van der Waals surface area contributed by atoms with E-state index >= 15 is 0 Å². The number of ether oxygens (including phenoxy) is 3. The molecule has 1 aromatic carbocycles. The zero-order chi connectivity index (χ0) is 20.8. The van der Waals surface area contributed by atoms with Crippen LogP contribution in [0.5, 0.6) is 11.5 Å². The van der Waals surface area contributed by atoms with Crippen molar-refractivity contribution in [3.8, 4) is 11.5 Å². The predicted octanol–water partition coefficient (Wildman–Crippen LogP) is 2.64. The van der Waals surface area contributed by atoms with Crippen molar-refractivity contribution in [2.45, 2.75) is 26.9 Å². The number of aromatic nitrogens is 2. The molecule has 0 radical (unpaired) electrons. The van der Waals surface area contributed by atoms with E-state index in [0.717, 1.165) is 5.69 Å². The molecule has 1 atom stereocenters. The lowest BCUT2D eigenvalue weighted by Crippen LogP contribution is -2.29. The molecule has 0 fully saturated rings. The topological polar surface area (TPSA) is 91.7 Å². The lowest BCUT2D eigenvalue weighted by molar-refractivity contribution is -0.148. The third-order valence-corrected chi connectivity index (χ3v) is 4.26. The van der Waals surface area contributed by atoms with Gasteiger partial charge < -0.3 is 19.5 Å². The molecule has 0 saturated carbocycles. The van der Waals surface area contributed by atoms with Gasteiger partial charge in [0.05, 0.1) is 31.3 Å². The van der Waals surface area contributed by atoms with Crippen molar-refractivity contribution in [1.82, 2.24) is 9.78 Å². The van der Waals surface area contributed by atoms with Crippen LogP contribution in [0.25, 0.3) is 6.08 Å². The normalized spacial score (nSPS) is 11.9. The molecule has 0 aliphatic carbocycles. The number of carbonyl (C=O) groups is 2. The molecule has 2 rings (SSSR count). The second-order valence-corrected chi connectivity index (χ2v) is 6.18. The van der Waals surface area contributed by atoms with E-state index in [0.29, 0.717) is 28.4 Å². The van der Waals surface area contributed by atoms with Gasteiger partial charge in [0, 0.05) is 18.7 Å². The molecule has 150 valence electrons. The first-order valence-electron chi connectivity index (χ1n) is 8.68. The summed E-state index contributed by atoms with van der Waals surface area (Å²) in [4.78, 5) is 24.4. The number of benzene rings is 1. The van der Waals surface area contributed by atoms with Gasteiger partial charge in [-0.1, -0.05) is 0 Å². The van der Waals surface area contributed by atoms with Crippen molar-refractivity contribution >= 4 is 23.6 Å². The molecule has 8 nitrogen and oxygen atoms in total. The van der Waals surface area contributed by atoms with Gasteiger partial charge in [-0.2, -0.15) is 5.10 Å². The van der Waals surface area contributed by atoms with Crippen molar-refractivity contribution in [2.24, 2.45) is 7.05 Å². The molecular weight excluding hydrogens is 362 g/mol. The van der Waals surface area contributed by atoms with Gasteiger partial charge in [0.2, 0.25) is 0 Å².